The van der Waals surface area contributed by atoms with Crippen LogP contribution in [0.1, 0.15) is 20.3 Å². The van der Waals surface area contributed by atoms with Gasteiger partial charge < -0.3 is 15.2 Å². The number of aliphatic hydroxyl groups is 1. The lowest BCUT2D eigenvalue weighted by molar-refractivity contribution is -0.127. The zero-order valence-electron chi connectivity index (χ0n) is 11.2. The van der Waals surface area contributed by atoms with Crippen LogP contribution in [0.3, 0.4) is 0 Å². The number of halogens is 1. The van der Waals surface area contributed by atoms with E-state index < -0.39 is 6.10 Å². The molecule has 1 rings (SSSR count). The fourth-order valence-electron chi connectivity index (χ4n) is 1.51. The molecule has 2 unspecified atom stereocenters. The number of carbonyl (C=O) groups excluding carboxylic acids is 1. The summed E-state index contributed by atoms with van der Waals surface area (Å²) in [7, 11) is 0. The highest BCUT2D eigenvalue weighted by atomic mass is 79.9. The minimum atomic E-state index is -0.539. The molecule has 0 saturated heterocycles. The Morgan fingerprint density at radius 3 is 2.58 bits per heavy atom. The molecule has 19 heavy (non-hydrogen) atoms. The Morgan fingerprint density at radius 2 is 2.00 bits per heavy atom. The Kier molecular flexibility index (Phi) is 6.87. The van der Waals surface area contributed by atoms with Crippen molar-refractivity contribution in [1.29, 1.82) is 0 Å². The summed E-state index contributed by atoms with van der Waals surface area (Å²) in [5, 5.41) is 11.6. The number of amides is 1. The van der Waals surface area contributed by atoms with E-state index in [9.17, 15) is 4.79 Å². The lowest BCUT2D eigenvalue weighted by atomic mass is 10.1. The first-order valence-corrected chi connectivity index (χ1v) is 7.13. The van der Waals surface area contributed by atoms with E-state index in [0.717, 1.165) is 4.47 Å². The molecule has 0 radical (unpaired) electrons. The van der Waals surface area contributed by atoms with Gasteiger partial charge in [-0.05, 0) is 43.5 Å². The third-order valence-corrected chi connectivity index (χ3v) is 3.27. The smallest absolute Gasteiger partial charge is 0.260 e. The van der Waals surface area contributed by atoms with Crippen LogP contribution < -0.4 is 10.1 Å². The molecule has 0 aromatic heterocycles. The molecule has 0 fully saturated rings. The van der Waals surface area contributed by atoms with Crippen molar-refractivity contribution in [2.45, 2.75) is 26.4 Å². The monoisotopic (exact) mass is 329 g/mol. The summed E-state index contributed by atoms with van der Waals surface area (Å²) in [6.07, 6.45) is 0.143. The van der Waals surface area contributed by atoms with E-state index in [1.807, 2.05) is 31.2 Å². The Bertz CT molecular complexity index is 394. The average molecular weight is 330 g/mol. The van der Waals surface area contributed by atoms with Crippen LogP contribution in [0.2, 0.25) is 0 Å². The topological polar surface area (TPSA) is 58.6 Å². The molecule has 5 heteroatoms. The SMILES string of the molecule is CC(CCO)CNC(=O)C(C)Oc1ccc(Br)cc1. The van der Waals surface area contributed by atoms with Crippen LogP contribution in [0.25, 0.3) is 0 Å². The van der Waals surface area contributed by atoms with Crippen molar-refractivity contribution in [2.24, 2.45) is 5.92 Å². The second-order valence-electron chi connectivity index (χ2n) is 4.58. The molecule has 0 aliphatic carbocycles. The zero-order chi connectivity index (χ0) is 14.3. The Morgan fingerprint density at radius 1 is 1.37 bits per heavy atom. The lowest BCUT2D eigenvalue weighted by Gasteiger charge is -2.16. The maximum atomic E-state index is 11.8. The van der Waals surface area contributed by atoms with Crippen LogP contribution in [0, 0.1) is 5.92 Å². The minimum Gasteiger partial charge on any atom is -0.481 e. The molecule has 106 valence electrons. The van der Waals surface area contributed by atoms with E-state index in [1.54, 1.807) is 6.92 Å². The Hall–Kier alpha value is -1.07. The first-order valence-electron chi connectivity index (χ1n) is 6.33. The summed E-state index contributed by atoms with van der Waals surface area (Å²) < 4.78 is 6.51. The van der Waals surface area contributed by atoms with Gasteiger partial charge in [-0.2, -0.15) is 0 Å². The van der Waals surface area contributed by atoms with Crippen molar-refractivity contribution in [2.75, 3.05) is 13.2 Å². The number of aliphatic hydroxyl groups excluding tert-OH is 1. The van der Waals surface area contributed by atoms with Gasteiger partial charge in [0.05, 0.1) is 0 Å². The predicted octanol–water partition coefficient (Wildman–Crippen LogP) is 2.35. The molecule has 0 aliphatic heterocycles. The van der Waals surface area contributed by atoms with Crippen molar-refractivity contribution in [3.05, 3.63) is 28.7 Å². The first kappa shape index (κ1) is 16.0. The van der Waals surface area contributed by atoms with Gasteiger partial charge in [-0.1, -0.05) is 22.9 Å². The Balaban J connectivity index is 2.38. The third-order valence-electron chi connectivity index (χ3n) is 2.74. The van der Waals surface area contributed by atoms with Crippen molar-refractivity contribution >= 4 is 21.8 Å². The number of hydrogen-bond donors (Lipinski definition) is 2. The van der Waals surface area contributed by atoms with Crippen LogP contribution in [0.15, 0.2) is 28.7 Å². The maximum absolute atomic E-state index is 11.8. The lowest BCUT2D eigenvalue weighted by Crippen LogP contribution is -2.38. The molecule has 2 atom stereocenters. The normalized spacial score (nSPS) is 13.7. The number of hydrogen-bond acceptors (Lipinski definition) is 3. The van der Waals surface area contributed by atoms with Gasteiger partial charge in [-0.15, -0.1) is 0 Å². The summed E-state index contributed by atoms with van der Waals surface area (Å²) in [6.45, 7) is 4.39. The van der Waals surface area contributed by atoms with Crippen molar-refractivity contribution in [3.63, 3.8) is 0 Å². The van der Waals surface area contributed by atoms with Crippen LogP contribution in [0.4, 0.5) is 0 Å². The van der Waals surface area contributed by atoms with Crippen LogP contribution in [0.5, 0.6) is 5.75 Å². The quantitative estimate of drug-likeness (QED) is 0.807. The molecule has 1 aromatic rings. The van der Waals surface area contributed by atoms with E-state index in [0.29, 0.717) is 18.7 Å². The van der Waals surface area contributed by atoms with Gasteiger partial charge in [-0.25, -0.2) is 0 Å². The van der Waals surface area contributed by atoms with E-state index in [1.165, 1.54) is 0 Å². The van der Waals surface area contributed by atoms with E-state index in [2.05, 4.69) is 21.2 Å². The number of nitrogens with one attached hydrogen (secondary N) is 1. The highest BCUT2D eigenvalue weighted by molar-refractivity contribution is 9.10. The van der Waals surface area contributed by atoms with Gasteiger partial charge in [0.15, 0.2) is 6.10 Å². The highest BCUT2D eigenvalue weighted by Crippen LogP contribution is 2.17. The predicted molar refractivity (Wildman–Crippen MR) is 78.1 cm³/mol. The second-order valence-corrected chi connectivity index (χ2v) is 5.49. The molecule has 2 N–H and O–H groups in total. The standard InChI is InChI=1S/C14H20BrNO3/c1-10(7-8-17)9-16-14(18)11(2)19-13-5-3-12(15)4-6-13/h3-6,10-11,17H,7-9H2,1-2H3,(H,16,18). The molecule has 1 amide bonds. The first-order chi connectivity index (χ1) is 9.02. The molecule has 0 spiro atoms. The van der Waals surface area contributed by atoms with E-state index in [-0.39, 0.29) is 18.4 Å². The summed E-state index contributed by atoms with van der Waals surface area (Å²) >= 11 is 3.34. The number of rotatable bonds is 7. The van der Waals surface area contributed by atoms with E-state index in [4.69, 9.17) is 9.84 Å². The summed E-state index contributed by atoms with van der Waals surface area (Å²) in [4.78, 5) is 11.8. The van der Waals surface area contributed by atoms with Gasteiger partial charge in [0, 0.05) is 17.6 Å². The third kappa shape index (κ3) is 6.07. The summed E-state index contributed by atoms with van der Waals surface area (Å²) in [5.74, 6) is 0.774. The van der Waals surface area contributed by atoms with Gasteiger partial charge in [0.2, 0.25) is 0 Å². The average Bonchev–Trinajstić information content (AvgIpc) is 2.39. The van der Waals surface area contributed by atoms with Crippen molar-refractivity contribution in [3.8, 4) is 5.75 Å². The zero-order valence-corrected chi connectivity index (χ0v) is 12.8. The fraction of sp³-hybridized carbons (Fsp3) is 0.500. The molecule has 0 bridgehead atoms. The molecule has 0 aliphatic rings. The molecular weight excluding hydrogens is 310 g/mol. The largest absolute Gasteiger partial charge is 0.481 e. The second kappa shape index (κ2) is 8.17. The van der Waals surface area contributed by atoms with Gasteiger partial charge in [-0.3, -0.25) is 4.79 Å². The van der Waals surface area contributed by atoms with Gasteiger partial charge >= 0.3 is 0 Å². The van der Waals surface area contributed by atoms with Crippen LogP contribution >= 0.6 is 15.9 Å². The number of ether oxygens (including phenoxy) is 1. The molecule has 0 saturated carbocycles. The molecule has 4 nitrogen and oxygen atoms in total. The van der Waals surface area contributed by atoms with Crippen LogP contribution in [-0.4, -0.2) is 30.3 Å². The molecule has 1 aromatic carbocycles. The van der Waals surface area contributed by atoms with Crippen molar-refractivity contribution in [1.82, 2.24) is 5.32 Å². The molecule has 0 heterocycles. The van der Waals surface area contributed by atoms with Crippen LogP contribution in [-0.2, 0) is 4.79 Å². The molecular formula is C14H20BrNO3. The summed E-state index contributed by atoms with van der Waals surface area (Å²) in [5.41, 5.74) is 0. The summed E-state index contributed by atoms with van der Waals surface area (Å²) in [6, 6.07) is 7.34. The maximum Gasteiger partial charge on any atom is 0.260 e. The van der Waals surface area contributed by atoms with Gasteiger partial charge in [0.25, 0.3) is 5.91 Å². The Labute approximate surface area is 122 Å². The highest BCUT2D eigenvalue weighted by Gasteiger charge is 2.15. The van der Waals surface area contributed by atoms with Crippen molar-refractivity contribution < 1.29 is 14.6 Å². The van der Waals surface area contributed by atoms with E-state index >= 15 is 0 Å². The number of carbonyl (C=O) groups is 1. The minimum absolute atomic E-state index is 0.141. The fourth-order valence-corrected chi connectivity index (χ4v) is 1.78. The van der Waals surface area contributed by atoms with Gasteiger partial charge in [0.1, 0.15) is 5.75 Å². The number of benzene rings is 1.